The van der Waals surface area contributed by atoms with E-state index in [1.165, 1.54) is 0 Å². The van der Waals surface area contributed by atoms with Crippen molar-refractivity contribution in [3.8, 4) is 5.69 Å². The number of rotatable bonds is 4. The van der Waals surface area contributed by atoms with Gasteiger partial charge in [0, 0.05) is 50.7 Å². The van der Waals surface area contributed by atoms with Gasteiger partial charge in [0.15, 0.2) is 5.96 Å². The SMILES string of the molecule is CN=C(NCc1cnn(-c2ccccc2)c1)N1CCOC(c2cnn(C)c2)C1.I. The van der Waals surface area contributed by atoms with Crippen LogP contribution in [0.4, 0.5) is 0 Å². The second-order valence-corrected chi connectivity index (χ2v) is 6.78. The molecule has 0 radical (unpaired) electrons. The Balaban J connectivity index is 0.00000240. The summed E-state index contributed by atoms with van der Waals surface area (Å²) in [5, 5.41) is 12.1. The second kappa shape index (κ2) is 9.88. The molecule has 1 unspecified atom stereocenters. The van der Waals surface area contributed by atoms with E-state index in [0.29, 0.717) is 13.2 Å². The average molecular weight is 507 g/mol. The van der Waals surface area contributed by atoms with Crippen LogP contribution >= 0.6 is 24.0 Å². The molecule has 8 nitrogen and oxygen atoms in total. The van der Waals surface area contributed by atoms with Crippen molar-refractivity contribution in [2.45, 2.75) is 12.6 Å². The van der Waals surface area contributed by atoms with E-state index in [9.17, 15) is 0 Å². The number of aryl methyl sites for hydroxylation is 1. The molecule has 0 saturated carbocycles. The Labute approximate surface area is 187 Å². The summed E-state index contributed by atoms with van der Waals surface area (Å²) in [6, 6.07) is 10.1. The Hall–Kier alpha value is -2.40. The first-order valence-corrected chi connectivity index (χ1v) is 9.37. The smallest absolute Gasteiger partial charge is 0.194 e. The number of ether oxygens (including phenoxy) is 1. The Morgan fingerprint density at radius 3 is 2.76 bits per heavy atom. The minimum Gasteiger partial charge on any atom is -0.370 e. The van der Waals surface area contributed by atoms with E-state index < -0.39 is 0 Å². The third kappa shape index (κ3) is 5.15. The van der Waals surface area contributed by atoms with E-state index in [2.05, 4.69) is 25.4 Å². The maximum Gasteiger partial charge on any atom is 0.194 e. The Kier molecular flexibility index (Phi) is 7.26. The van der Waals surface area contributed by atoms with Crippen molar-refractivity contribution in [3.63, 3.8) is 0 Å². The molecule has 9 heteroatoms. The molecule has 2 aromatic heterocycles. The molecule has 1 aliphatic rings. The highest BCUT2D eigenvalue weighted by Gasteiger charge is 2.25. The molecule has 1 atom stereocenters. The normalized spacial score (nSPS) is 17.1. The summed E-state index contributed by atoms with van der Waals surface area (Å²) >= 11 is 0. The topological polar surface area (TPSA) is 72.5 Å². The molecule has 154 valence electrons. The van der Waals surface area contributed by atoms with E-state index in [0.717, 1.165) is 35.9 Å². The predicted octanol–water partition coefficient (Wildman–Crippen LogP) is 2.37. The molecule has 1 saturated heterocycles. The summed E-state index contributed by atoms with van der Waals surface area (Å²) < 4.78 is 9.61. The zero-order valence-electron chi connectivity index (χ0n) is 16.6. The Bertz CT molecular complexity index is 937. The summed E-state index contributed by atoms with van der Waals surface area (Å²) in [6.07, 6.45) is 7.78. The first-order chi connectivity index (χ1) is 13.7. The molecule has 1 aliphatic heterocycles. The average Bonchev–Trinajstić information content (AvgIpc) is 3.39. The van der Waals surface area contributed by atoms with Crippen molar-refractivity contribution in [2.75, 3.05) is 26.7 Å². The monoisotopic (exact) mass is 507 g/mol. The van der Waals surface area contributed by atoms with Crippen molar-refractivity contribution >= 4 is 29.9 Å². The van der Waals surface area contributed by atoms with E-state index in [1.54, 1.807) is 4.68 Å². The van der Waals surface area contributed by atoms with Crippen molar-refractivity contribution in [3.05, 3.63) is 66.2 Å². The third-order valence-electron chi connectivity index (χ3n) is 4.78. The van der Waals surface area contributed by atoms with Gasteiger partial charge in [-0.05, 0) is 12.1 Å². The lowest BCUT2D eigenvalue weighted by Crippen LogP contribution is -2.47. The fourth-order valence-electron chi connectivity index (χ4n) is 3.34. The minimum atomic E-state index is 0. The highest BCUT2D eigenvalue weighted by atomic mass is 127. The summed E-state index contributed by atoms with van der Waals surface area (Å²) in [4.78, 5) is 6.68. The van der Waals surface area contributed by atoms with Gasteiger partial charge in [-0.15, -0.1) is 24.0 Å². The Morgan fingerprint density at radius 2 is 2.03 bits per heavy atom. The molecule has 0 bridgehead atoms. The second-order valence-electron chi connectivity index (χ2n) is 6.78. The van der Waals surface area contributed by atoms with Gasteiger partial charge in [0.2, 0.25) is 0 Å². The number of nitrogens with zero attached hydrogens (tertiary/aromatic N) is 6. The van der Waals surface area contributed by atoms with Gasteiger partial charge in [0.1, 0.15) is 6.10 Å². The van der Waals surface area contributed by atoms with Crippen LogP contribution in [0.3, 0.4) is 0 Å². The number of hydrogen-bond donors (Lipinski definition) is 1. The van der Waals surface area contributed by atoms with Crippen molar-refractivity contribution in [1.82, 2.24) is 29.8 Å². The quantitative estimate of drug-likeness (QED) is 0.334. The summed E-state index contributed by atoms with van der Waals surface area (Å²) in [7, 11) is 3.73. The van der Waals surface area contributed by atoms with Crippen LogP contribution in [0.2, 0.25) is 0 Å². The molecule has 3 heterocycles. The minimum absolute atomic E-state index is 0. The van der Waals surface area contributed by atoms with E-state index in [-0.39, 0.29) is 30.1 Å². The van der Waals surface area contributed by atoms with Crippen LogP contribution in [0.15, 0.2) is 60.1 Å². The fourth-order valence-corrected chi connectivity index (χ4v) is 3.34. The lowest BCUT2D eigenvalue weighted by molar-refractivity contribution is -0.00805. The molecule has 0 amide bonds. The number of morpholine rings is 1. The highest BCUT2D eigenvalue weighted by Crippen LogP contribution is 2.21. The summed E-state index contributed by atoms with van der Waals surface area (Å²) in [6.45, 7) is 2.87. The Morgan fingerprint density at radius 1 is 1.21 bits per heavy atom. The zero-order chi connectivity index (χ0) is 19.3. The number of hydrogen-bond acceptors (Lipinski definition) is 4. The van der Waals surface area contributed by atoms with Gasteiger partial charge in [0.05, 0.1) is 31.2 Å². The van der Waals surface area contributed by atoms with Gasteiger partial charge in [-0.3, -0.25) is 9.67 Å². The van der Waals surface area contributed by atoms with Gasteiger partial charge < -0.3 is 15.0 Å². The third-order valence-corrected chi connectivity index (χ3v) is 4.78. The number of benzene rings is 1. The van der Waals surface area contributed by atoms with Crippen LogP contribution in [-0.2, 0) is 18.3 Å². The van der Waals surface area contributed by atoms with Gasteiger partial charge in [-0.1, -0.05) is 18.2 Å². The summed E-state index contributed by atoms with van der Waals surface area (Å²) in [5.74, 6) is 0.865. The summed E-state index contributed by atoms with van der Waals surface area (Å²) in [5.41, 5.74) is 3.24. The van der Waals surface area contributed by atoms with Crippen LogP contribution in [0, 0.1) is 0 Å². The van der Waals surface area contributed by atoms with Crippen molar-refractivity contribution in [2.24, 2.45) is 12.0 Å². The first-order valence-electron chi connectivity index (χ1n) is 9.37. The van der Waals surface area contributed by atoms with Gasteiger partial charge in [-0.2, -0.15) is 10.2 Å². The first kappa shape index (κ1) is 21.3. The molecule has 4 rings (SSSR count). The fraction of sp³-hybridized carbons (Fsp3) is 0.350. The molecule has 29 heavy (non-hydrogen) atoms. The molecule has 0 spiro atoms. The predicted molar refractivity (Wildman–Crippen MR) is 123 cm³/mol. The van der Waals surface area contributed by atoms with Crippen molar-refractivity contribution in [1.29, 1.82) is 0 Å². The largest absolute Gasteiger partial charge is 0.370 e. The number of aromatic nitrogens is 4. The zero-order valence-corrected chi connectivity index (χ0v) is 18.9. The molecule has 3 aromatic rings. The molecule has 1 aromatic carbocycles. The van der Waals surface area contributed by atoms with Crippen LogP contribution in [0.25, 0.3) is 5.69 Å². The van der Waals surface area contributed by atoms with Crippen LogP contribution in [0.1, 0.15) is 17.2 Å². The number of guanidine groups is 1. The van der Waals surface area contributed by atoms with E-state index in [4.69, 9.17) is 4.74 Å². The maximum absolute atomic E-state index is 5.93. The maximum atomic E-state index is 5.93. The lowest BCUT2D eigenvalue weighted by atomic mass is 10.1. The molecular weight excluding hydrogens is 481 g/mol. The highest BCUT2D eigenvalue weighted by molar-refractivity contribution is 14.0. The van der Waals surface area contributed by atoms with E-state index >= 15 is 0 Å². The van der Waals surface area contributed by atoms with Crippen molar-refractivity contribution < 1.29 is 4.74 Å². The van der Waals surface area contributed by atoms with Gasteiger partial charge >= 0.3 is 0 Å². The van der Waals surface area contributed by atoms with Crippen LogP contribution < -0.4 is 5.32 Å². The van der Waals surface area contributed by atoms with Crippen LogP contribution in [0.5, 0.6) is 0 Å². The van der Waals surface area contributed by atoms with Gasteiger partial charge in [-0.25, -0.2) is 4.68 Å². The molecule has 1 fully saturated rings. The number of nitrogens with one attached hydrogen (secondary N) is 1. The molecule has 0 aliphatic carbocycles. The standard InChI is InChI=1S/C20H25N7O.HI/c1-21-20(26-8-9-28-19(15-26)17-12-23-25(2)14-17)22-10-16-11-24-27(13-16)18-6-4-3-5-7-18;/h3-7,11-14,19H,8-10,15H2,1-2H3,(H,21,22);1H. The molecular formula is C20H26IN7O. The lowest BCUT2D eigenvalue weighted by Gasteiger charge is -2.34. The number of para-hydroxylation sites is 1. The number of aliphatic imine (C=N–C) groups is 1. The van der Waals surface area contributed by atoms with Crippen LogP contribution in [-0.4, -0.2) is 57.2 Å². The van der Waals surface area contributed by atoms with Gasteiger partial charge in [0.25, 0.3) is 0 Å². The van der Waals surface area contributed by atoms with E-state index in [1.807, 2.05) is 73.9 Å². The molecule has 1 N–H and O–H groups in total. The number of halogens is 1.